The van der Waals surface area contributed by atoms with Gasteiger partial charge in [-0.05, 0) is 36.8 Å². The summed E-state index contributed by atoms with van der Waals surface area (Å²) in [6.07, 6.45) is 1.32. The monoisotopic (exact) mass is 358 g/mol. The fourth-order valence-electron chi connectivity index (χ4n) is 2.69. The van der Waals surface area contributed by atoms with Gasteiger partial charge in [-0.15, -0.1) is 0 Å². The Kier molecular flexibility index (Phi) is 4.95. The number of nitrogens with zero attached hydrogens (tertiary/aromatic N) is 1. The Morgan fingerprint density at radius 2 is 1.85 bits per heavy atom. The molecule has 5 N–H and O–H groups in total. The van der Waals surface area contributed by atoms with E-state index >= 15 is 0 Å². The molecule has 0 radical (unpaired) electrons. The van der Waals surface area contributed by atoms with Crippen LogP contribution in [0.5, 0.6) is 5.75 Å². The van der Waals surface area contributed by atoms with Crippen molar-refractivity contribution in [2.75, 3.05) is 16.4 Å². The third kappa shape index (κ3) is 3.83. The van der Waals surface area contributed by atoms with Gasteiger partial charge in [0.2, 0.25) is 0 Å². The van der Waals surface area contributed by atoms with E-state index in [1.54, 1.807) is 42.5 Å². The molecule has 3 rings (SSSR count). The Balaban J connectivity index is 1.85. The number of nitrogens with one attached hydrogen (secondary N) is 2. The second kappa shape index (κ2) is 7.50. The number of fused-ring (bicyclic) bond motifs is 1. The molecule has 134 valence electrons. The van der Waals surface area contributed by atoms with Crippen LogP contribution in [0, 0.1) is 18.3 Å². The molecule has 0 aliphatic carbocycles. The second-order valence-electron chi connectivity index (χ2n) is 6.04. The third-order valence-electron chi connectivity index (χ3n) is 4.09. The molecular formula is C21H18N4O2. The number of nitrogens with two attached hydrogens (primary N) is 1. The van der Waals surface area contributed by atoms with Crippen molar-refractivity contribution in [1.82, 2.24) is 0 Å². The molecule has 0 aliphatic rings. The number of hydrogen-bond donors (Lipinski definition) is 4. The summed E-state index contributed by atoms with van der Waals surface area (Å²) in [5.74, 6) is -0.441. The maximum Gasteiger partial charge on any atom is 0.267 e. The van der Waals surface area contributed by atoms with E-state index in [0.717, 1.165) is 5.56 Å². The summed E-state index contributed by atoms with van der Waals surface area (Å²) < 4.78 is 0. The summed E-state index contributed by atoms with van der Waals surface area (Å²) in [5, 5.41) is 26.2. The summed E-state index contributed by atoms with van der Waals surface area (Å²) in [4.78, 5) is 12.5. The van der Waals surface area contributed by atoms with Crippen LogP contribution in [-0.2, 0) is 4.79 Å². The number of nitrogen functional groups attached to an aromatic ring is 1. The number of benzene rings is 3. The number of amides is 1. The minimum absolute atomic E-state index is 0.104. The zero-order chi connectivity index (χ0) is 19.4. The van der Waals surface area contributed by atoms with Crippen molar-refractivity contribution in [2.45, 2.75) is 6.92 Å². The SMILES string of the molecule is Cc1ccc(N)c(N/C=C(/C#N)C(=O)Nc2cccc3c(O)cccc23)c1. The van der Waals surface area contributed by atoms with Gasteiger partial charge in [0.1, 0.15) is 17.4 Å². The van der Waals surface area contributed by atoms with E-state index in [0.29, 0.717) is 27.8 Å². The van der Waals surface area contributed by atoms with Gasteiger partial charge in [0.15, 0.2) is 0 Å². The maximum atomic E-state index is 12.5. The maximum absolute atomic E-state index is 12.5. The quantitative estimate of drug-likeness (QED) is 0.321. The van der Waals surface area contributed by atoms with Crippen LogP contribution in [-0.4, -0.2) is 11.0 Å². The van der Waals surface area contributed by atoms with Crippen LogP contribution in [0.15, 0.2) is 66.4 Å². The zero-order valence-electron chi connectivity index (χ0n) is 14.7. The standard InChI is InChI=1S/C21H18N4O2/c1-13-8-9-17(23)19(10-13)24-12-14(11-22)21(27)25-18-6-2-5-16-15(18)4-3-7-20(16)26/h2-10,12,24,26H,23H2,1H3,(H,25,27)/b14-12-. The van der Waals surface area contributed by atoms with E-state index in [1.807, 2.05) is 25.1 Å². The number of phenols is 1. The van der Waals surface area contributed by atoms with Gasteiger partial charge in [0.05, 0.1) is 11.4 Å². The predicted molar refractivity (Wildman–Crippen MR) is 107 cm³/mol. The van der Waals surface area contributed by atoms with Crippen LogP contribution in [0.2, 0.25) is 0 Å². The van der Waals surface area contributed by atoms with Crippen LogP contribution in [0.4, 0.5) is 17.1 Å². The predicted octanol–water partition coefficient (Wildman–Crippen LogP) is 3.89. The zero-order valence-corrected chi connectivity index (χ0v) is 14.7. The van der Waals surface area contributed by atoms with Gasteiger partial charge < -0.3 is 21.5 Å². The van der Waals surface area contributed by atoms with Gasteiger partial charge in [-0.1, -0.05) is 30.3 Å². The first kappa shape index (κ1) is 17.8. The number of carbonyl (C=O) groups excluding carboxylic acids is 1. The normalized spacial score (nSPS) is 11.0. The van der Waals surface area contributed by atoms with Crippen molar-refractivity contribution in [2.24, 2.45) is 0 Å². The molecule has 6 nitrogen and oxygen atoms in total. The Bertz CT molecular complexity index is 1100. The van der Waals surface area contributed by atoms with Crippen molar-refractivity contribution >= 4 is 33.7 Å². The Morgan fingerprint density at radius 1 is 1.11 bits per heavy atom. The fraction of sp³-hybridized carbons (Fsp3) is 0.0476. The van der Waals surface area contributed by atoms with Crippen molar-refractivity contribution in [3.05, 3.63) is 71.9 Å². The van der Waals surface area contributed by atoms with Crippen LogP contribution in [0.3, 0.4) is 0 Å². The van der Waals surface area contributed by atoms with Crippen LogP contribution in [0.1, 0.15) is 5.56 Å². The molecule has 0 aliphatic heterocycles. The number of aryl methyl sites for hydroxylation is 1. The molecule has 0 saturated heterocycles. The lowest BCUT2D eigenvalue weighted by Crippen LogP contribution is -2.15. The molecule has 3 aromatic rings. The molecule has 0 aromatic heterocycles. The highest BCUT2D eigenvalue weighted by molar-refractivity contribution is 6.11. The summed E-state index contributed by atoms with van der Waals surface area (Å²) >= 11 is 0. The molecule has 0 heterocycles. The highest BCUT2D eigenvalue weighted by Gasteiger charge is 2.12. The Hall–Kier alpha value is -3.98. The average Bonchev–Trinajstić information content (AvgIpc) is 2.66. The van der Waals surface area contributed by atoms with Crippen LogP contribution < -0.4 is 16.4 Å². The topological polar surface area (TPSA) is 111 Å². The largest absolute Gasteiger partial charge is 0.507 e. The molecule has 1 amide bonds. The van der Waals surface area contributed by atoms with E-state index in [-0.39, 0.29) is 11.3 Å². The molecule has 6 heteroatoms. The van der Waals surface area contributed by atoms with Crippen LogP contribution >= 0.6 is 0 Å². The third-order valence-corrected chi connectivity index (χ3v) is 4.09. The Morgan fingerprint density at radius 3 is 2.63 bits per heavy atom. The molecule has 3 aromatic carbocycles. The van der Waals surface area contributed by atoms with Gasteiger partial charge in [0, 0.05) is 22.7 Å². The molecule has 0 atom stereocenters. The number of nitriles is 1. The first-order valence-electron chi connectivity index (χ1n) is 8.24. The summed E-state index contributed by atoms with van der Waals surface area (Å²) in [7, 11) is 0. The molecular weight excluding hydrogens is 340 g/mol. The van der Waals surface area contributed by atoms with Gasteiger partial charge in [-0.2, -0.15) is 5.26 Å². The molecule has 0 bridgehead atoms. The minimum Gasteiger partial charge on any atom is -0.507 e. The first-order valence-corrected chi connectivity index (χ1v) is 8.24. The Labute approximate surface area is 156 Å². The highest BCUT2D eigenvalue weighted by Crippen LogP contribution is 2.30. The smallest absolute Gasteiger partial charge is 0.267 e. The average molecular weight is 358 g/mol. The van der Waals surface area contributed by atoms with Crippen molar-refractivity contribution in [3.8, 4) is 11.8 Å². The number of phenolic OH excluding ortho intramolecular Hbond substituents is 1. The minimum atomic E-state index is -0.563. The van der Waals surface area contributed by atoms with E-state index in [1.165, 1.54) is 6.20 Å². The second-order valence-corrected chi connectivity index (χ2v) is 6.04. The molecule has 0 fully saturated rings. The number of anilines is 3. The van der Waals surface area contributed by atoms with E-state index in [2.05, 4.69) is 10.6 Å². The van der Waals surface area contributed by atoms with Crippen molar-refractivity contribution < 1.29 is 9.90 Å². The van der Waals surface area contributed by atoms with Gasteiger partial charge in [-0.3, -0.25) is 4.79 Å². The van der Waals surface area contributed by atoms with Gasteiger partial charge in [-0.25, -0.2) is 0 Å². The summed E-state index contributed by atoms with van der Waals surface area (Å²) in [5.41, 5.74) is 8.42. The van der Waals surface area contributed by atoms with E-state index < -0.39 is 5.91 Å². The lowest BCUT2D eigenvalue weighted by atomic mass is 10.1. The first-order chi connectivity index (χ1) is 13.0. The van der Waals surface area contributed by atoms with Crippen molar-refractivity contribution in [1.29, 1.82) is 5.26 Å². The summed E-state index contributed by atoms with van der Waals surface area (Å²) in [6.45, 7) is 1.92. The van der Waals surface area contributed by atoms with Gasteiger partial charge in [0.25, 0.3) is 5.91 Å². The molecule has 0 spiro atoms. The molecule has 0 saturated carbocycles. The van der Waals surface area contributed by atoms with E-state index in [4.69, 9.17) is 5.73 Å². The summed E-state index contributed by atoms with van der Waals surface area (Å²) in [6, 6.07) is 17.6. The van der Waals surface area contributed by atoms with Gasteiger partial charge >= 0.3 is 0 Å². The fourth-order valence-corrected chi connectivity index (χ4v) is 2.69. The van der Waals surface area contributed by atoms with Crippen LogP contribution in [0.25, 0.3) is 10.8 Å². The number of carbonyl (C=O) groups is 1. The number of hydrogen-bond acceptors (Lipinski definition) is 5. The highest BCUT2D eigenvalue weighted by atomic mass is 16.3. The van der Waals surface area contributed by atoms with E-state index in [9.17, 15) is 15.2 Å². The van der Waals surface area contributed by atoms with Crippen molar-refractivity contribution in [3.63, 3.8) is 0 Å². The molecule has 27 heavy (non-hydrogen) atoms. The lowest BCUT2D eigenvalue weighted by molar-refractivity contribution is -0.112. The molecule has 0 unspecified atom stereocenters. The lowest BCUT2D eigenvalue weighted by Gasteiger charge is -2.10. The number of rotatable bonds is 4. The number of aromatic hydroxyl groups is 1.